The Labute approximate surface area is 162 Å². The molecule has 1 heterocycles. The van der Waals surface area contributed by atoms with Crippen molar-refractivity contribution in [2.45, 2.75) is 27.3 Å². The number of carbonyl (C=O) groups excluding carboxylic acids is 2. The molecule has 0 aliphatic carbocycles. The van der Waals surface area contributed by atoms with Crippen molar-refractivity contribution < 1.29 is 24.2 Å². The number of ether oxygens (including phenoxy) is 2. The molecule has 0 saturated heterocycles. The Morgan fingerprint density at radius 2 is 1.82 bits per heavy atom. The van der Waals surface area contributed by atoms with Crippen LogP contribution in [0.25, 0.3) is 11.3 Å². The Balaban J connectivity index is 2.37. The van der Waals surface area contributed by atoms with Crippen molar-refractivity contribution in [2.24, 2.45) is 10.2 Å². The number of esters is 2. The molecular formula is C19H22N4O5. The molecule has 0 spiro atoms. The molecule has 148 valence electrons. The van der Waals surface area contributed by atoms with Crippen molar-refractivity contribution in [3.63, 3.8) is 0 Å². The highest BCUT2D eigenvalue weighted by molar-refractivity contribution is 5.88. The second-order valence-corrected chi connectivity index (χ2v) is 5.57. The van der Waals surface area contributed by atoms with Crippen LogP contribution in [0.3, 0.4) is 0 Å². The van der Waals surface area contributed by atoms with Crippen LogP contribution in [0, 0.1) is 0 Å². The van der Waals surface area contributed by atoms with Gasteiger partial charge in [-0.15, -0.1) is 15.3 Å². The molecule has 1 N–H and O–H groups in total. The summed E-state index contributed by atoms with van der Waals surface area (Å²) in [4.78, 5) is 23.7. The van der Waals surface area contributed by atoms with Gasteiger partial charge in [0, 0.05) is 6.07 Å². The second kappa shape index (κ2) is 10.0. The largest absolute Gasteiger partial charge is 0.510 e. The first-order valence-corrected chi connectivity index (χ1v) is 8.73. The summed E-state index contributed by atoms with van der Waals surface area (Å²) in [5.41, 5.74) is 1.13. The fraction of sp³-hybridized carbons (Fsp3) is 0.316. The number of aliphatic hydroxyl groups is 1. The van der Waals surface area contributed by atoms with Gasteiger partial charge < -0.3 is 14.6 Å². The zero-order chi connectivity index (χ0) is 20.5. The van der Waals surface area contributed by atoms with E-state index in [1.54, 1.807) is 19.9 Å². The molecule has 1 aromatic heterocycles. The van der Waals surface area contributed by atoms with E-state index in [4.69, 9.17) is 9.47 Å². The predicted molar refractivity (Wildman–Crippen MR) is 101 cm³/mol. The summed E-state index contributed by atoms with van der Waals surface area (Å²) in [6.45, 7) is 4.96. The first kappa shape index (κ1) is 20.8. The van der Waals surface area contributed by atoms with E-state index >= 15 is 0 Å². The van der Waals surface area contributed by atoms with Gasteiger partial charge in [-0.25, -0.2) is 4.79 Å². The summed E-state index contributed by atoms with van der Waals surface area (Å²) in [5.74, 6) is -1.40. The molecule has 2 aromatic rings. The zero-order valence-electron chi connectivity index (χ0n) is 16.0. The van der Waals surface area contributed by atoms with Crippen LogP contribution in [0.5, 0.6) is 0 Å². The molecule has 0 atom stereocenters. The maximum atomic E-state index is 11.9. The third-order valence-corrected chi connectivity index (χ3v) is 3.48. The van der Waals surface area contributed by atoms with Gasteiger partial charge in [-0.05, 0) is 26.3 Å². The van der Waals surface area contributed by atoms with Gasteiger partial charge in [0.15, 0.2) is 5.82 Å². The Bertz CT molecular complexity index is 883. The molecule has 1 aromatic carbocycles. The summed E-state index contributed by atoms with van der Waals surface area (Å²) >= 11 is 0. The van der Waals surface area contributed by atoms with Gasteiger partial charge in [0.2, 0.25) is 5.70 Å². The van der Waals surface area contributed by atoms with Crippen LogP contribution >= 0.6 is 0 Å². The smallest absolute Gasteiger partial charge is 0.362 e. The minimum absolute atomic E-state index is 0.104. The summed E-state index contributed by atoms with van der Waals surface area (Å²) in [6.07, 6.45) is 0. The number of hydrogen-bond donors (Lipinski definition) is 1. The average molecular weight is 386 g/mol. The minimum atomic E-state index is -0.791. The number of hydrogen-bond acceptors (Lipinski definition) is 8. The lowest BCUT2D eigenvalue weighted by Gasteiger charge is -2.06. The van der Waals surface area contributed by atoms with E-state index in [0.29, 0.717) is 5.69 Å². The SMILES string of the molecule is CCOC(=O)Cn1nc(N=N/C(C(=O)OCC)=C(/C)O)cc1-c1ccccc1. The van der Waals surface area contributed by atoms with Crippen LogP contribution in [0.2, 0.25) is 0 Å². The zero-order valence-corrected chi connectivity index (χ0v) is 16.0. The summed E-state index contributed by atoms with van der Waals surface area (Å²) in [7, 11) is 0. The first-order valence-electron chi connectivity index (χ1n) is 8.73. The van der Waals surface area contributed by atoms with Crippen LogP contribution < -0.4 is 0 Å². The van der Waals surface area contributed by atoms with Crippen molar-refractivity contribution in [3.05, 3.63) is 47.9 Å². The van der Waals surface area contributed by atoms with E-state index in [9.17, 15) is 14.7 Å². The highest BCUT2D eigenvalue weighted by Crippen LogP contribution is 2.25. The molecule has 9 nitrogen and oxygen atoms in total. The number of benzene rings is 1. The van der Waals surface area contributed by atoms with Gasteiger partial charge in [0.25, 0.3) is 0 Å². The quantitative estimate of drug-likeness (QED) is 0.321. The first-order chi connectivity index (χ1) is 13.5. The standard InChI is InChI=1S/C19H22N4O5/c1-4-27-17(25)12-23-15(14-9-7-6-8-10-14)11-16(22-23)20-21-18(13(3)24)19(26)28-5-2/h6-11,24H,4-5,12H2,1-3H3/b18-13-,21-20?. The fourth-order valence-electron chi connectivity index (χ4n) is 2.30. The normalized spacial score (nSPS) is 12.0. The van der Waals surface area contributed by atoms with Gasteiger partial charge in [0.05, 0.1) is 18.9 Å². The van der Waals surface area contributed by atoms with Crippen molar-refractivity contribution in [1.29, 1.82) is 0 Å². The number of azo groups is 1. The van der Waals surface area contributed by atoms with E-state index in [-0.39, 0.29) is 37.0 Å². The molecule has 28 heavy (non-hydrogen) atoms. The van der Waals surface area contributed by atoms with Crippen LogP contribution in [0.1, 0.15) is 20.8 Å². The average Bonchev–Trinajstić information content (AvgIpc) is 3.05. The maximum Gasteiger partial charge on any atom is 0.362 e. The highest BCUT2D eigenvalue weighted by Gasteiger charge is 2.16. The fourth-order valence-corrected chi connectivity index (χ4v) is 2.30. The minimum Gasteiger partial charge on any atom is -0.510 e. The molecule has 0 bridgehead atoms. The van der Waals surface area contributed by atoms with Crippen LogP contribution in [0.4, 0.5) is 5.82 Å². The highest BCUT2D eigenvalue weighted by atomic mass is 16.5. The van der Waals surface area contributed by atoms with Gasteiger partial charge in [0.1, 0.15) is 12.3 Å². The lowest BCUT2D eigenvalue weighted by Crippen LogP contribution is -2.15. The third-order valence-electron chi connectivity index (χ3n) is 3.48. The van der Waals surface area contributed by atoms with Gasteiger partial charge >= 0.3 is 11.9 Å². The van der Waals surface area contributed by atoms with E-state index in [2.05, 4.69) is 15.3 Å². The molecule has 0 unspecified atom stereocenters. The van der Waals surface area contributed by atoms with E-state index < -0.39 is 11.9 Å². The van der Waals surface area contributed by atoms with E-state index in [1.165, 1.54) is 11.6 Å². The molecule has 0 fully saturated rings. The second-order valence-electron chi connectivity index (χ2n) is 5.57. The third kappa shape index (κ3) is 5.50. The number of carbonyl (C=O) groups is 2. The van der Waals surface area contributed by atoms with Crippen LogP contribution in [0.15, 0.2) is 58.1 Å². The molecule has 0 aliphatic heterocycles. The number of aromatic nitrogens is 2. The molecule has 9 heteroatoms. The van der Waals surface area contributed by atoms with Crippen molar-refractivity contribution in [3.8, 4) is 11.3 Å². The Hall–Kier alpha value is -3.49. The van der Waals surface area contributed by atoms with Crippen molar-refractivity contribution in [2.75, 3.05) is 13.2 Å². The Morgan fingerprint density at radius 1 is 1.14 bits per heavy atom. The van der Waals surface area contributed by atoms with Crippen LogP contribution in [-0.2, 0) is 25.6 Å². The molecular weight excluding hydrogens is 364 g/mol. The van der Waals surface area contributed by atoms with Crippen LogP contribution in [-0.4, -0.2) is 40.0 Å². The topological polar surface area (TPSA) is 115 Å². The van der Waals surface area contributed by atoms with Crippen molar-refractivity contribution >= 4 is 17.8 Å². The number of rotatable bonds is 8. The Kier molecular flexibility index (Phi) is 7.44. The number of aliphatic hydroxyl groups excluding tert-OH is 1. The van der Waals surface area contributed by atoms with Gasteiger partial charge in [-0.1, -0.05) is 30.3 Å². The maximum absolute atomic E-state index is 11.9. The molecule has 0 aliphatic rings. The Morgan fingerprint density at radius 3 is 2.43 bits per heavy atom. The molecule has 2 rings (SSSR count). The molecule has 0 radical (unpaired) electrons. The monoisotopic (exact) mass is 386 g/mol. The summed E-state index contributed by atoms with van der Waals surface area (Å²) < 4.78 is 11.3. The number of nitrogens with zero attached hydrogens (tertiary/aromatic N) is 4. The summed E-state index contributed by atoms with van der Waals surface area (Å²) in [5, 5.41) is 21.6. The predicted octanol–water partition coefficient (Wildman–Crippen LogP) is 3.55. The van der Waals surface area contributed by atoms with E-state index in [0.717, 1.165) is 5.56 Å². The molecule has 0 amide bonds. The van der Waals surface area contributed by atoms with E-state index in [1.807, 2.05) is 30.3 Å². The lowest BCUT2D eigenvalue weighted by molar-refractivity contribution is -0.144. The van der Waals surface area contributed by atoms with Crippen molar-refractivity contribution in [1.82, 2.24) is 9.78 Å². The van der Waals surface area contributed by atoms with Gasteiger partial charge in [-0.2, -0.15) is 0 Å². The molecule has 0 saturated carbocycles. The van der Waals surface area contributed by atoms with Gasteiger partial charge in [-0.3, -0.25) is 9.48 Å². The number of allylic oxidation sites excluding steroid dienone is 1. The summed E-state index contributed by atoms with van der Waals surface area (Å²) in [6, 6.07) is 10.9. The lowest BCUT2D eigenvalue weighted by atomic mass is 10.1.